The third kappa shape index (κ3) is 4.36. The molecule has 1 N–H and O–H groups in total. The van der Waals surface area contributed by atoms with Gasteiger partial charge in [0.15, 0.2) is 11.5 Å². The maximum Gasteiger partial charge on any atom is 0.507 e. The molecule has 0 fully saturated rings. The summed E-state index contributed by atoms with van der Waals surface area (Å²) in [4.78, 5) is 15.5. The van der Waals surface area contributed by atoms with Gasteiger partial charge in [0.1, 0.15) is 23.3 Å². The zero-order chi connectivity index (χ0) is 24.5. The summed E-state index contributed by atoms with van der Waals surface area (Å²) in [5.41, 5.74) is 4.07. The summed E-state index contributed by atoms with van der Waals surface area (Å²) in [6.07, 6.45) is -7.92. The number of ether oxygens (including phenoxy) is 3. The molecule has 1 aliphatic heterocycles. The highest BCUT2D eigenvalue weighted by atomic mass is 19.3. The van der Waals surface area contributed by atoms with Gasteiger partial charge in [0.05, 0.1) is 11.4 Å². The van der Waals surface area contributed by atoms with Crippen molar-refractivity contribution in [2.45, 2.75) is 19.1 Å². The third-order valence-electron chi connectivity index (χ3n) is 4.62. The number of carbonyl (C=O) groups is 1. The van der Waals surface area contributed by atoms with Crippen molar-refractivity contribution in [3.63, 3.8) is 0 Å². The van der Waals surface area contributed by atoms with Crippen molar-refractivity contribution in [1.82, 2.24) is 4.98 Å². The lowest BCUT2D eigenvalue weighted by molar-refractivity contribution is -0.391. The lowest BCUT2D eigenvalue weighted by Gasteiger charge is -2.32. The number of alkyl halides is 4. The van der Waals surface area contributed by atoms with E-state index in [4.69, 9.17) is 10.00 Å². The first kappa shape index (κ1) is 22.7. The van der Waals surface area contributed by atoms with Crippen LogP contribution in [0.5, 0.6) is 23.0 Å². The minimum Gasteiger partial charge on any atom is -0.457 e. The van der Waals surface area contributed by atoms with E-state index < -0.39 is 23.7 Å². The Kier molecular flexibility index (Phi) is 5.62. The Morgan fingerprint density at radius 3 is 2.47 bits per heavy atom. The van der Waals surface area contributed by atoms with E-state index in [1.165, 1.54) is 18.3 Å². The summed E-state index contributed by atoms with van der Waals surface area (Å²) in [6.45, 7) is 1.74. The van der Waals surface area contributed by atoms with E-state index in [0.717, 1.165) is 17.1 Å². The predicted molar refractivity (Wildman–Crippen MR) is 110 cm³/mol. The van der Waals surface area contributed by atoms with Crippen molar-refractivity contribution in [1.29, 1.82) is 5.26 Å². The maximum atomic E-state index is 13.5. The number of fused-ring (bicyclic) bond motifs is 1. The van der Waals surface area contributed by atoms with E-state index >= 15 is 0 Å². The number of nitrogens with one attached hydrogen (secondary N) is 1. The Morgan fingerprint density at radius 1 is 1.06 bits per heavy atom. The van der Waals surface area contributed by atoms with Crippen molar-refractivity contribution in [2.75, 3.05) is 10.4 Å². The molecular formula is C22H14F4N4O4. The molecule has 0 aliphatic carbocycles. The molecule has 0 saturated heterocycles. The van der Waals surface area contributed by atoms with Crippen molar-refractivity contribution >= 4 is 17.8 Å². The van der Waals surface area contributed by atoms with Crippen LogP contribution >= 0.6 is 0 Å². The van der Waals surface area contributed by atoms with Crippen LogP contribution in [-0.2, 0) is 4.79 Å². The fraction of sp³-hybridized carbons (Fsp3) is 0.136. The highest BCUT2D eigenvalue weighted by Gasteiger charge is 2.65. The van der Waals surface area contributed by atoms with Crippen molar-refractivity contribution in [3.8, 4) is 29.1 Å². The molecule has 0 radical (unpaired) electrons. The highest BCUT2D eigenvalue weighted by Crippen LogP contribution is 2.47. The summed E-state index contributed by atoms with van der Waals surface area (Å²) in [6, 6.07) is 13.0. The molecule has 3 aromatic rings. The molecule has 1 aliphatic rings. The molecule has 0 unspecified atom stereocenters. The van der Waals surface area contributed by atoms with Gasteiger partial charge < -0.3 is 14.2 Å². The van der Waals surface area contributed by atoms with Crippen LogP contribution < -0.4 is 24.6 Å². The Labute approximate surface area is 189 Å². The molecule has 0 atom stereocenters. The van der Waals surface area contributed by atoms with Gasteiger partial charge >= 0.3 is 12.2 Å². The summed E-state index contributed by atoms with van der Waals surface area (Å²) < 4.78 is 67.5. The average molecular weight is 474 g/mol. The van der Waals surface area contributed by atoms with Crippen LogP contribution in [-0.4, -0.2) is 23.6 Å². The van der Waals surface area contributed by atoms with Gasteiger partial charge in [0.2, 0.25) is 6.41 Å². The number of nitriles is 1. The Morgan fingerprint density at radius 2 is 1.79 bits per heavy atom. The lowest BCUT2D eigenvalue weighted by Crippen LogP contribution is -2.52. The number of benzene rings is 2. The standard InChI is InChI=1S/C22H14F4N4O4/c1-13-8-14(2-4-18(13)32-17-6-7-28-15(9-17)11-27)29-30(12-31)16-3-5-19-20(10-16)34-22(25,26)21(23,24)33-19/h2-10,12,29H,1H3. The van der Waals surface area contributed by atoms with Crippen molar-refractivity contribution in [3.05, 3.63) is 66.0 Å². The lowest BCUT2D eigenvalue weighted by atomic mass is 10.2. The summed E-state index contributed by atoms with van der Waals surface area (Å²) in [5.74, 6) is -0.376. The Hall–Kier alpha value is -4.53. The van der Waals surface area contributed by atoms with Gasteiger partial charge in [-0.25, -0.2) is 9.99 Å². The number of hydrogen-bond acceptors (Lipinski definition) is 7. The molecule has 0 spiro atoms. The number of rotatable bonds is 6. The number of nitrogens with zero attached hydrogens (tertiary/aromatic N) is 3. The molecule has 4 rings (SSSR count). The fourth-order valence-corrected chi connectivity index (χ4v) is 2.99. The topological polar surface area (TPSA) is 96.7 Å². The van der Waals surface area contributed by atoms with Gasteiger partial charge in [-0.15, -0.1) is 0 Å². The first-order valence-corrected chi connectivity index (χ1v) is 9.55. The zero-order valence-electron chi connectivity index (χ0n) is 17.3. The maximum absolute atomic E-state index is 13.5. The quantitative estimate of drug-likeness (QED) is 0.305. The molecule has 1 aromatic heterocycles. The number of halogens is 4. The second kappa shape index (κ2) is 8.43. The smallest absolute Gasteiger partial charge is 0.457 e. The summed E-state index contributed by atoms with van der Waals surface area (Å²) in [7, 11) is 0. The summed E-state index contributed by atoms with van der Waals surface area (Å²) >= 11 is 0. The number of aromatic nitrogens is 1. The van der Waals surface area contributed by atoms with Crippen LogP contribution in [0.1, 0.15) is 11.3 Å². The number of hydrogen-bond donors (Lipinski definition) is 1. The fourth-order valence-electron chi connectivity index (χ4n) is 2.99. The van der Waals surface area contributed by atoms with Gasteiger partial charge in [-0.1, -0.05) is 0 Å². The minimum atomic E-state index is -4.88. The van der Waals surface area contributed by atoms with E-state index in [9.17, 15) is 22.4 Å². The van der Waals surface area contributed by atoms with E-state index in [1.807, 2.05) is 6.07 Å². The molecule has 174 valence electrons. The monoisotopic (exact) mass is 474 g/mol. The Balaban J connectivity index is 1.52. The van der Waals surface area contributed by atoms with Gasteiger partial charge in [-0.3, -0.25) is 10.2 Å². The van der Waals surface area contributed by atoms with Gasteiger partial charge in [0.25, 0.3) is 0 Å². The first-order valence-electron chi connectivity index (χ1n) is 9.55. The summed E-state index contributed by atoms with van der Waals surface area (Å²) in [5, 5.41) is 9.88. The number of carbonyl (C=O) groups excluding carboxylic acids is 1. The molecule has 8 nitrogen and oxygen atoms in total. The number of amides is 1. The number of pyridine rings is 1. The van der Waals surface area contributed by atoms with Gasteiger partial charge in [-0.2, -0.15) is 22.8 Å². The molecule has 1 amide bonds. The third-order valence-corrected chi connectivity index (χ3v) is 4.62. The molecule has 0 bridgehead atoms. The number of aryl methyl sites for hydroxylation is 1. The zero-order valence-corrected chi connectivity index (χ0v) is 17.3. The van der Waals surface area contributed by atoms with Crippen LogP contribution in [0.4, 0.5) is 28.9 Å². The second-order valence-corrected chi connectivity index (χ2v) is 7.03. The number of hydrazine groups is 1. The molecule has 0 saturated carbocycles. The molecule has 2 aromatic carbocycles. The first-order chi connectivity index (χ1) is 16.1. The van der Waals surface area contributed by atoms with Crippen LogP contribution in [0.3, 0.4) is 0 Å². The van der Waals surface area contributed by atoms with Crippen LogP contribution in [0.15, 0.2) is 54.7 Å². The van der Waals surface area contributed by atoms with Crippen molar-refractivity contribution < 1.29 is 36.6 Å². The van der Waals surface area contributed by atoms with E-state index in [-0.39, 0.29) is 11.4 Å². The van der Waals surface area contributed by atoms with Crippen LogP contribution in [0, 0.1) is 18.3 Å². The Bertz CT molecular complexity index is 1300. The van der Waals surface area contributed by atoms with Gasteiger partial charge in [-0.05, 0) is 48.9 Å². The molecule has 34 heavy (non-hydrogen) atoms. The highest BCUT2D eigenvalue weighted by molar-refractivity contribution is 5.80. The van der Waals surface area contributed by atoms with Gasteiger partial charge in [0, 0.05) is 18.3 Å². The largest absolute Gasteiger partial charge is 0.507 e. The van der Waals surface area contributed by atoms with E-state index in [1.54, 1.807) is 31.2 Å². The molecule has 2 heterocycles. The SMILES string of the molecule is Cc1cc(NN(C=O)c2ccc3c(c2)OC(F)(F)C(F)(F)O3)ccc1Oc1ccnc(C#N)c1. The van der Waals surface area contributed by atoms with E-state index in [0.29, 0.717) is 29.2 Å². The van der Waals surface area contributed by atoms with Crippen LogP contribution in [0.2, 0.25) is 0 Å². The minimum absolute atomic E-state index is 0.0252. The van der Waals surface area contributed by atoms with Crippen molar-refractivity contribution in [2.24, 2.45) is 0 Å². The molecular weight excluding hydrogens is 460 g/mol. The average Bonchev–Trinajstić information content (AvgIpc) is 2.79. The van der Waals surface area contributed by atoms with Crippen LogP contribution in [0.25, 0.3) is 0 Å². The number of anilines is 2. The van der Waals surface area contributed by atoms with E-state index in [2.05, 4.69) is 19.9 Å². The second-order valence-electron chi connectivity index (χ2n) is 7.03. The predicted octanol–water partition coefficient (Wildman–Crippen LogP) is 5.00. The molecule has 12 heteroatoms. The normalized spacial score (nSPS) is 15.1.